The Labute approximate surface area is 112 Å². The second-order valence-electron chi connectivity index (χ2n) is 4.30. The number of nitrogens with one attached hydrogen (secondary N) is 1. The first-order valence-corrected chi connectivity index (χ1v) is 6.46. The average Bonchev–Trinajstić information content (AvgIpc) is 2.33. The Morgan fingerprint density at radius 3 is 2.78 bits per heavy atom. The van der Waals surface area contributed by atoms with E-state index >= 15 is 0 Å². The highest BCUT2D eigenvalue weighted by Crippen LogP contribution is 2.23. The lowest BCUT2D eigenvalue weighted by Crippen LogP contribution is -2.52. The number of benzene rings is 1. The van der Waals surface area contributed by atoms with E-state index in [1.165, 1.54) is 0 Å². The first-order chi connectivity index (χ1) is 8.50. The lowest BCUT2D eigenvalue weighted by atomic mass is 10.1. The van der Waals surface area contributed by atoms with Crippen molar-refractivity contribution in [3.05, 3.63) is 33.8 Å². The van der Waals surface area contributed by atoms with E-state index in [1.54, 1.807) is 4.90 Å². The zero-order valence-corrected chi connectivity index (χ0v) is 11.4. The van der Waals surface area contributed by atoms with Gasteiger partial charge in [0.05, 0.1) is 5.56 Å². The van der Waals surface area contributed by atoms with E-state index in [0.717, 1.165) is 12.1 Å². The second kappa shape index (κ2) is 5.32. The molecule has 1 fully saturated rings. The normalized spacial score (nSPS) is 20.0. The molecule has 1 aromatic rings. The standard InChI is InChI=1S/C12H13BrF2N2O/c1-7-6-16-2-3-17(7)12(18)8-4-10(14)11(15)5-9(8)13/h4-5,7,16H,2-3,6H2,1H3. The minimum absolute atomic E-state index is 0.0336. The van der Waals surface area contributed by atoms with E-state index in [4.69, 9.17) is 0 Å². The Bertz CT molecular complexity index is 481. The van der Waals surface area contributed by atoms with Crippen molar-refractivity contribution in [3.8, 4) is 0 Å². The molecule has 0 spiro atoms. The van der Waals surface area contributed by atoms with Gasteiger partial charge in [0.2, 0.25) is 0 Å². The summed E-state index contributed by atoms with van der Waals surface area (Å²) in [4.78, 5) is 13.9. The molecule has 1 atom stereocenters. The molecule has 1 amide bonds. The van der Waals surface area contributed by atoms with Crippen molar-refractivity contribution in [1.82, 2.24) is 10.2 Å². The number of nitrogens with zero attached hydrogens (tertiary/aromatic N) is 1. The molecule has 1 unspecified atom stereocenters. The molecular formula is C12H13BrF2N2O. The third-order valence-corrected chi connectivity index (χ3v) is 3.66. The number of rotatable bonds is 1. The van der Waals surface area contributed by atoms with E-state index in [0.29, 0.717) is 19.6 Å². The molecule has 3 nitrogen and oxygen atoms in total. The number of amides is 1. The minimum Gasteiger partial charge on any atom is -0.333 e. The summed E-state index contributed by atoms with van der Waals surface area (Å²) in [6.45, 7) is 3.88. The van der Waals surface area contributed by atoms with Crippen LogP contribution >= 0.6 is 15.9 Å². The molecular weight excluding hydrogens is 306 g/mol. The van der Waals surface area contributed by atoms with Crippen LogP contribution in [0.4, 0.5) is 8.78 Å². The molecule has 0 radical (unpaired) electrons. The van der Waals surface area contributed by atoms with Gasteiger partial charge in [-0.05, 0) is 35.0 Å². The summed E-state index contributed by atoms with van der Waals surface area (Å²) >= 11 is 3.10. The van der Waals surface area contributed by atoms with Crippen LogP contribution in [0.2, 0.25) is 0 Å². The van der Waals surface area contributed by atoms with Gasteiger partial charge in [-0.15, -0.1) is 0 Å². The fourth-order valence-corrected chi connectivity index (χ4v) is 2.47. The van der Waals surface area contributed by atoms with Crippen molar-refractivity contribution in [3.63, 3.8) is 0 Å². The van der Waals surface area contributed by atoms with Gasteiger partial charge in [0.25, 0.3) is 5.91 Å². The van der Waals surface area contributed by atoms with Gasteiger partial charge in [-0.3, -0.25) is 4.79 Å². The van der Waals surface area contributed by atoms with Crippen molar-refractivity contribution in [2.75, 3.05) is 19.6 Å². The summed E-state index contributed by atoms with van der Waals surface area (Å²) in [5.74, 6) is -2.26. The van der Waals surface area contributed by atoms with Crippen molar-refractivity contribution in [2.45, 2.75) is 13.0 Å². The summed E-state index contributed by atoms with van der Waals surface area (Å²) in [6.07, 6.45) is 0. The van der Waals surface area contributed by atoms with Crippen LogP contribution in [0.3, 0.4) is 0 Å². The first kappa shape index (κ1) is 13.4. The minimum atomic E-state index is -1.01. The topological polar surface area (TPSA) is 32.3 Å². The predicted molar refractivity (Wildman–Crippen MR) is 67.4 cm³/mol. The molecule has 0 aliphatic carbocycles. The summed E-state index contributed by atoms with van der Waals surface area (Å²) in [5.41, 5.74) is 0.155. The highest BCUT2D eigenvalue weighted by atomic mass is 79.9. The van der Waals surface area contributed by atoms with Crippen LogP contribution in [-0.4, -0.2) is 36.5 Å². The number of carbonyl (C=O) groups excluding carboxylic acids is 1. The van der Waals surface area contributed by atoms with Crippen molar-refractivity contribution < 1.29 is 13.6 Å². The number of carbonyl (C=O) groups is 1. The highest BCUT2D eigenvalue weighted by molar-refractivity contribution is 9.10. The number of hydrogen-bond acceptors (Lipinski definition) is 2. The fraction of sp³-hybridized carbons (Fsp3) is 0.417. The molecule has 6 heteroatoms. The fourth-order valence-electron chi connectivity index (χ4n) is 1.98. The number of piperazine rings is 1. The lowest BCUT2D eigenvalue weighted by molar-refractivity contribution is 0.0654. The Kier molecular flexibility index (Phi) is 3.97. The molecule has 1 aliphatic heterocycles. The van der Waals surface area contributed by atoms with E-state index in [-0.39, 0.29) is 22.0 Å². The van der Waals surface area contributed by atoms with Crippen LogP contribution in [-0.2, 0) is 0 Å². The average molecular weight is 319 g/mol. The van der Waals surface area contributed by atoms with Crippen LogP contribution in [0.25, 0.3) is 0 Å². The maximum Gasteiger partial charge on any atom is 0.255 e. The number of hydrogen-bond donors (Lipinski definition) is 1. The van der Waals surface area contributed by atoms with Gasteiger partial charge in [-0.1, -0.05) is 0 Å². The maximum atomic E-state index is 13.2. The molecule has 98 valence electrons. The van der Waals surface area contributed by atoms with Gasteiger partial charge in [-0.2, -0.15) is 0 Å². The number of halogens is 3. The molecule has 0 bridgehead atoms. The summed E-state index contributed by atoms with van der Waals surface area (Å²) < 4.78 is 26.5. The van der Waals surface area contributed by atoms with Gasteiger partial charge < -0.3 is 10.2 Å². The molecule has 1 N–H and O–H groups in total. The van der Waals surface area contributed by atoms with Crippen molar-refractivity contribution in [2.24, 2.45) is 0 Å². The smallest absolute Gasteiger partial charge is 0.255 e. The SMILES string of the molecule is CC1CNCCN1C(=O)c1cc(F)c(F)cc1Br. The van der Waals surface area contributed by atoms with Crippen LogP contribution in [0.1, 0.15) is 17.3 Å². The van der Waals surface area contributed by atoms with E-state index < -0.39 is 11.6 Å². The van der Waals surface area contributed by atoms with Crippen LogP contribution in [0.15, 0.2) is 16.6 Å². The lowest BCUT2D eigenvalue weighted by Gasteiger charge is -2.34. The Morgan fingerprint density at radius 2 is 2.11 bits per heavy atom. The monoisotopic (exact) mass is 318 g/mol. The Balaban J connectivity index is 2.30. The van der Waals surface area contributed by atoms with Crippen LogP contribution in [0, 0.1) is 11.6 Å². The summed E-state index contributed by atoms with van der Waals surface area (Å²) in [5, 5.41) is 3.17. The quantitative estimate of drug-likeness (QED) is 0.805. The Hall–Kier alpha value is -1.01. The van der Waals surface area contributed by atoms with Crippen LogP contribution in [0.5, 0.6) is 0 Å². The molecule has 1 aliphatic rings. The summed E-state index contributed by atoms with van der Waals surface area (Å²) in [6, 6.07) is 1.96. The Morgan fingerprint density at radius 1 is 1.44 bits per heavy atom. The van der Waals surface area contributed by atoms with Gasteiger partial charge >= 0.3 is 0 Å². The third-order valence-electron chi connectivity index (χ3n) is 3.00. The first-order valence-electron chi connectivity index (χ1n) is 5.67. The molecule has 1 aromatic carbocycles. The van der Waals surface area contributed by atoms with Crippen molar-refractivity contribution in [1.29, 1.82) is 0 Å². The molecule has 1 saturated heterocycles. The van der Waals surface area contributed by atoms with Gasteiger partial charge in [-0.25, -0.2) is 8.78 Å². The second-order valence-corrected chi connectivity index (χ2v) is 5.15. The maximum absolute atomic E-state index is 13.2. The van der Waals surface area contributed by atoms with E-state index in [9.17, 15) is 13.6 Å². The summed E-state index contributed by atoms with van der Waals surface area (Å²) in [7, 11) is 0. The van der Waals surface area contributed by atoms with Gasteiger partial charge in [0.1, 0.15) is 0 Å². The van der Waals surface area contributed by atoms with Crippen molar-refractivity contribution >= 4 is 21.8 Å². The zero-order chi connectivity index (χ0) is 13.3. The van der Waals surface area contributed by atoms with E-state index in [1.807, 2.05) is 6.92 Å². The molecule has 1 heterocycles. The van der Waals surface area contributed by atoms with E-state index in [2.05, 4.69) is 21.2 Å². The van der Waals surface area contributed by atoms with Crippen LogP contribution < -0.4 is 5.32 Å². The third kappa shape index (κ3) is 2.54. The molecule has 2 rings (SSSR count). The predicted octanol–water partition coefficient (Wildman–Crippen LogP) is 2.16. The van der Waals surface area contributed by atoms with Gasteiger partial charge in [0.15, 0.2) is 11.6 Å². The van der Waals surface area contributed by atoms with Gasteiger partial charge in [0, 0.05) is 30.1 Å². The molecule has 0 aromatic heterocycles. The zero-order valence-electron chi connectivity index (χ0n) is 9.84. The highest BCUT2D eigenvalue weighted by Gasteiger charge is 2.26. The largest absolute Gasteiger partial charge is 0.333 e. The molecule has 18 heavy (non-hydrogen) atoms. The molecule has 0 saturated carbocycles.